The molecule has 2 aromatic rings. The quantitative estimate of drug-likeness (QED) is 0.692. The molecule has 0 saturated heterocycles. The monoisotopic (exact) mass is 289 g/mol. The number of amides is 1. The summed E-state index contributed by atoms with van der Waals surface area (Å²) in [6.07, 6.45) is 3.48. The number of thiazole rings is 1. The summed E-state index contributed by atoms with van der Waals surface area (Å²) in [5.74, 6) is 0.278. The van der Waals surface area contributed by atoms with E-state index in [1.807, 2.05) is 18.2 Å². The molecule has 102 valence electrons. The molecule has 1 saturated carbocycles. The minimum absolute atomic E-state index is 0.0907. The Kier molecular flexibility index (Phi) is 3.19. The fraction of sp³-hybridized carbons (Fsp3) is 0.231. The lowest BCUT2D eigenvalue weighted by Crippen LogP contribution is -2.11. The molecule has 6 nitrogen and oxygen atoms in total. The molecule has 1 aliphatic rings. The highest BCUT2D eigenvalue weighted by molar-refractivity contribution is 7.18. The third kappa shape index (κ3) is 2.67. The van der Waals surface area contributed by atoms with E-state index in [0.29, 0.717) is 11.5 Å². The molecule has 0 radical (unpaired) electrons. The molecule has 1 N–H and O–H groups in total. The lowest BCUT2D eigenvalue weighted by Gasteiger charge is -2.03. The van der Waals surface area contributed by atoms with Gasteiger partial charge in [-0.3, -0.25) is 20.2 Å². The molecule has 7 heteroatoms. The van der Waals surface area contributed by atoms with Crippen molar-refractivity contribution in [3.05, 3.63) is 51.7 Å². The Morgan fingerprint density at radius 1 is 1.45 bits per heavy atom. The van der Waals surface area contributed by atoms with Crippen molar-refractivity contribution in [2.45, 2.75) is 18.8 Å². The molecule has 20 heavy (non-hydrogen) atoms. The number of rotatable bonds is 4. The van der Waals surface area contributed by atoms with Gasteiger partial charge in [0.25, 0.3) is 5.91 Å². The maximum atomic E-state index is 12.1. The number of hydrogen-bond acceptors (Lipinski definition) is 5. The predicted molar refractivity (Wildman–Crippen MR) is 75.1 cm³/mol. The van der Waals surface area contributed by atoms with Crippen LogP contribution in [0.25, 0.3) is 0 Å². The van der Waals surface area contributed by atoms with Crippen LogP contribution in [0.5, 0.6) is 0 Å². The van der Waals surface area contributed by atoms with E-state index in [1.54, 1.807) is 6.07 Å². The Morgan fingerprint density at radius 2 is 2.25 bits per heavy atom. The van der Waals surface area contributed by atoms with Gasteiger partial charge in [0.15, 0.2) is 5.13 Å². The molecule has 1 fully saturated rings. The Hall–Kier alpha value is -2.28. The zero-order chi connectivity index (χ0) is 14.1. The van der Waals surface area contributed by atoms with Crippen molar-refractivity contribution in [3.63, 3.8) is 0 Å². The van der Waals surface area contributed by atoms with E-state index in [2.05, 4.69) is 10.3 Å². The third-order valence-corrected chi connectivity index (χ3v) is 3.96. The summed E-state index contributed by atoms with van der Waals surface area (Å²) in [7, 11) is 0. The molecule has 0 unspecified atom stereocenters. The maximum Gasteiger partial charge on any atom is 0.345 e. The van der Waals surface area contributed by atoms with Gasteiger partial charge in [-0.15, -0.1) is 0 Å². The Morgan fingerprint density at radius 3 is 2.90 bits per heavy atom. The van der Waals surface area contributed by atoms with E-state index in [1.165, 1.54) is 18.4 Å². The summed E-state index contributed by atoms with van der Waals surface area (Å²) in [6.45, 7) is 0. The van der Waals surface area contributed by atoms with Gasteiger partial charge in [-0.25, -0.2) is 4.98 Å². The van der Waals surface area contributed by atoms with Crippen molar-refractivity contribution in [1.29, 1.82) is 0 Å². The van der Waals surface area contributed by atoms with Crippen molar-refractivity contribution in [3.8, 4) is 0 Å². The first-order valence-corrected chi connectivity index (χ1v) is 6.96. The molecule has 1 amide bonds. The topological polar surface area (TPSA) is 85.1 Å². The highest BCUT2D eigenvalue weighted by Gasteiger charge is 2.24. The fourth-order valence-electron chi connectivity index (χ4n) is 1.93. The molecule has 1 heterocycles. The third-order valence-electron chi connectivity index (χ3n) is 3.09. The number of anilines is 1. The minimum Gasteiger partial charge on any atom is -0.298 e. The molecule has 0 spiro atoms. The van der Waals surface area contributed by atoms with Crippen LogP contribution in [0.15, 0.2) is 30.5 Å². The van der Waals surface area contributed by atoms with E-state index in [4.69, 9.17) is 0 Å². The van der Waals surface area contributed by atoms with Gasteiger partial charge < -0.3 is 0 Å². The average Bonchev–Trinajstić information content (AvgIpc) is 3.19. The van der Waals surface area contributed by atoms with Crippen LogP contribution in [-0.2, 0) is 0 Å². The van der Waals surface area contributed by atoms with E-state index in [9.17, 15) is 14.9 Å². The number of nitrogens with one attached hydrogen (secondary N) is 1. The van der Waals surface area contributed by atoms with Crippen LogP contribution in [0.3, 0.4) is 0 Å². The van der Waals surface area contributed by atoms with Crippen molar-refractivity contribution in [1.82, 2.24) is 4.98 Å². The van der Waals surface area contributed by atoms with Crippen molar-refractivity contribution < 1.29 is 9.72 Å². The molecule has 1 aromatic heterocycles. The van der Waals surface area contributed by atoms with Gasteiger partial charge in [-0.05, 0) is 47.8 Å². The molecule has 0 aliphatic heterocycles. The number of hydrogen-bond donors (Lipinski definition) is 1. The van der Waals surface area contributed by atoms with Crippen LogP contribution in [0.4, 0.5) is 10.1 Å². The van der Waals surface area contributed by atoms with Gasteiger partial charge in [-0.1, -0.05) is 12.1 Å². The van der Waals surface area contributed by atoms with Gasteiger partial charge >= 0.3 is 5.00 Å². The second-order valence-corrected chi connectivity index (χ2v) is 5.62. The summed E-state index contributed by atoms with van der Waals surface area (Å²) in [6, 6.07) is 7.47. The summed E-state index contributed by atoms with van der Waals surface area (Å²) < 4.78 is 0. The highest BCUT2D eigenvalue weighted by Crippen LogP contribution is 2.40. The van der Waals surface area contributed by atoms with Gasteiger partial charge in [0, 0.05) is 5.56 Å². The van der Waals surface area contributed by atoms with Crippen LogP contribution < -0.4 is 5.32 Å². The smallest absolute Gasteiger partial charge is 0.298 e. The first-order chi connectivity index (χ1) is 9.63. The van der Waals surface area contributed by atoms with Crippen LogP contribution in [0, 0.1) is 10.1 Å². The van der Waals surface area contributed by atoms with E-state index in [0.717, 1.165) is 17.5 Å². The van der Waals surface area contributed by atoms with Crippen LogP contribution in [-0.4, -0.2) is 15.8 Å². The molecule has 1 aromatic carbocycles. The van der Waals surface area contributed by atoms with Crippen LogP contribution in [0.1, 0.15) is 34.7 Å². The zero-order valence-corrected chi connectivity index (χ0v) is 11.2. The minimum atomic E-state index is -0.527. The molecular formula is C13H11N3O3S. The summed E-state index contributed by atoms with van der Waals surface area (Å²) in [4.78, 5) is 25.9. The second kappa shape index (κ2) is 5.01. The van der Waals surface area contributed by atoms with E-state index in [-0.39, 0.29) is 16.0 Å². The Labute approximate surface area is 118 Å². The number of nitrogens with zero attached hydrogens (tertiary/aromatic N) is 2. The van der Waals surface area contributed by atoms with E-state index >= 15 is 0 Å². The van der Waals surface area contributed by atoms with Crippen LogP contribution in [0.2, 0.25) is 0 Å². The Balaban J connectivity index is 1.74. The number of nitro groups is 1. The normalized spacial score (nSPS) is 14.0. The highest BCUT2D eigenvalue weighted by atomic mass is 32.1. The van der Waals surface area contributed by atoms with Gasteiger partial charge in [0.05, 0.1) is 4.92 Å². The molecular weight excluding hydrogens is 278 g/mol. The second-order valence-electron chi connectivity index (χ2n) is 4.61. The molecule has 0 bridgehead atoms. The number of carbonyl (C=O) groups excluding carboxylic acids is 1. The molecule has 3 rings (SSSR count). The fourth-order valence-corrected chi connectivity index (χ4v) is 2.55. The first-order valence-electron chi connectivity index (χ1n) is 6.15. The maximum absolute atomic E-state index is 12.1. The van der Waals surface area contributed by atoms with Crippen molar-refractivity contribution >= 4 is 27.4 Å². The first kappa shape index (κ1) is 12.7. The summed E-state index contributed by atoms with van der Waals surface area (Å²) in [5.41, 5.74) is 1.72. The predicted octanol–water partition coefficient (Wildman–Crippen LogP) is 3.18. The summed E-state index contributed by atoms with van der Waals surface area (Å²) >= 11 is 0.845. The van der Waals surface area contributed by atoms with Crippen molar-refractivity contribution in [2.75, 3.05) is 5.32 Å². The average molecular weight is 289 g/mol. The summed E-state index contributed by atoms with van der Waals surface area (Å²) in [5, 5.41) is 13.3. The largest absolute Gasteiger partial charge is 0.345 e. The zero-order valence-electron chi connectivity index (χ0n) is 10.4. The molecule has 0 atom stereocenters. The number of benzene rings is 1. The SMILES string of the molecule is O=C(Nc1ncc([N+](=O)[O-])s1)c1cccc(C2CC2)c1. The Bertz CT molecular complexity index is 679. The molecule has 1 aliphatic carbocycles. The number of aromatic nitrogens is 1. The van der Waals surface area contributed by atoms with Gasteiger partial charge in [0.2, 0.25) is 0 Å². The van der Waals surface area contributed by atoms with Crippen molar-refractivity contribution in [2.24, 2.45) is 0 Å². The van der Waals surface area contributed by atoms with E-state index < -0.39 is 4.92 Å². The van der Waals surface area contributed by atoms with Crippen LogP contribution >= 0.6 is 11.3 Å². The van der Waals surface area contributed by atoms with Gasteiger partial charge in [-0.2, -0.15) is 0 Å². The van der Waals surface area contributed by atoms with Gasteiger partial charge in [0.1, 0.15) is 6.20 Å². The standard InChI is InChI=1S/C13H11N3O3S/c17-12(15-13-14-7-11(20-13)16(18)19)10-3-1-2-9(6-10)8-4-5-8/h1-3,6-8H,4-5H2,(H,14,15,17). The lowest BCUT2D eigenvalue weighted by molar-refractivity contribution is -0.380. The lowest BCUT2D eigenvalue weighted by atomic mass is 10.1. The number of carbonyl (C=O) groups is 1.